The number of imidazole rings is 1. The van der Waals surface area contributed by atoms with E-state index in [9.17, 15) is 48.7 Å². The molecule has 0 aliphatic carbocycles. The molecule has 2 heterocycles. The quantitative estimate of drug-likeness (QED) is 0.491. The molecule has 0 atom stereocenters. The fourth-order valence-electron chi connectivity index (χ4n) is 1.71. The Balaban J connectivity index is 3.10. The van der Waals surface area contributed by atoms with Gasteiger partial charge >= 0.3 is 29.0 Å². The molecule has 0 amide bonds. The van der Waals surface area contributed by atoms with E-state index in [0.717, 1.165) is 0 Å². The second-order valence-corrected chi connectivity index (χ2v) is 3.82. The number of aromatic nitrogens is 3. The molecule has 0 spiro atoms. The minimum Gasteiger partial charge on any atom is -0.426 e. The van der Waals surface area contributed by atoms with Gasteiger partial charge in [-0.1, -0.05) is 0 Å². The van der Waals surface area contributed by atoms with E-state index in [4.69, 9.17) is 0 Å². The third-order valence-electron chi connectivity index (χ3n) is 2.50. The van der Waals surface area contributed by atoms with E-state index in [1.54, 1.807) is 0 Å². The van der Waals surface area contributed by atoms with Gasteiger partial charge in [-0.3, -0.25) is 20.2 Å². The number of halogens is 3. The summed E-state index contributed by atoms with van der Waals surface area (Å²) in [6.07, 6.45) is -5.30. The molecule has 0 saturated heterocycles. The topological polar surface area (TPSA) is 180 Å². The molecule has 13 nitrogen and oxygen atoms in total. The van der Waals surface area contributed by atoms with Crippen molar-refractivity contribution in [3.05, 3.63) is 36.2 Å². The van der Waals surface area contributed by atoms with Crippen LogP contribution in [-0.2, 0) is 6.18 Å². The molecule has 0 unspecified atom stereocenters. The molecular formula is C7HF3N6O7. The van der Waals surface area contributed by atoms with E-state index in [-0.39, 0.29) is 0 Å². The van der Waals surface area contributed by atoms with Crippen molar-refractivity contribution in [3.63, 3.8) is 0 Å². The van der Waals surface area contributed by atoms with E-state index in [0.29, 0.717) is 0 Å². The average molecular weight is 338 g/mol. The van der Waals surface area contributed by atoms with Gasteiger partial charge in [-0.25, -0.2) is 0 Å². The standard InChI is InChI=1S/C7HF3N6O7/c8-7(9,10)6-12-4-2(13(6)17)1(14(18)19)3(15(20)21)5(11-4)16(22)23/h17H. The van der Waals surface area contributed by atoms with Crippen LogP contribution in [0, 0.1) is 30.3 Å². The molecule has 0 aromatic carbocycles. The zero-order valence-electron chi connectivity index (χ0n) is 10.2. The van der Waals surface area contributed by atoms with Gasteiger partial charge in [0.05, 0.1) is 9.85 Å². The maximum absolute atomic E-state index is 12.6. The Morgan fingerprint density at radius 1 is 0.957 bits per heavy atom. The van der Waals surface area contributed by atoms with Crippen LogP contribution in [-0.4, -0.2) is 34.7 Å². The first-order valence-electron chi connectivity index (χ1n) is 5.12. The number of alkyl halides is 3. The van der Waals surface area contributed by atoms with Crippen molar-refractivity contribution >= 4 is 28.4 Å². The molecule has 122 valence electrons. The van der Waals surface area contributed by atoms with Crippen molar-refractivity contribution < 1.29 is 33.1 Å². The average Bonchev–Trinajstić information content (AvgIpc) is 2.73. The lowest BCUT2D eigenvalue weighted by molar-refractivity contribution is -0.442. The molecule has 0 bridgehead atoms. The number of fused-ring (bicyclic) bond motifs is 1. The van der Waals surface area contributed by atoms with Crippen LogP contribution >= 0.6 is 0 Å². The van der Waals surface area contributed by atoms with Crippen molar-refractivity contribution in [2.45, 2.75) is 6.18 Å². The minimum absolute atomic E-state index is 0.822. The lowest BCUT2D eigenvalue weighted by Crippen LogP contribution is -2.13. The van der Waals surface area contributed by atoms with Gasteiger partial charge in [-0.2, -0.15) is 18.2 Å². The normalized spacial score (nSPS) is 11.6. The van der Waals surface area contributed by atoms with Crippen LogP contribution in [0.15, 0.2) is 0 Å². The van der Waals surface area contributed by atoms with E-state index >= 15 is 0 Å². The van der Waals surface area contributed by atoms with Crippen molar-refractivity contribution in [2.75, 3.05) is 0 Å². The van der Waals surface area contributed by atoms with Gasteiger partial charge in [0, 0.05) is 0 Å². The van der Waals surface area contributed by atoms with E-state index in [1.807, 2.05) is 0 Å². The smallest absolute Gasteiger partial charge is 0.426 e. The zero-order chi connectivity index (χ0) is 17.7. The van der Waals surface area contributed by atoms with Crippen molar-refractivity contribution in [3.8, 4) is 0 Å². The molecule has 0 aliphatic rings. The number of nitro groups is 3. The highest BCUT2D eigenvalue weighted by atomic mass is 19.4. The first-order valence-corrected chi connectivity index (χ1v) is 5.12. The van der Waals surface area contributed by atoms with Gasteiger partial charge < -0.3 is 15.3 Å². The fourth-order valence-corrected chi connectivity index (χ4v) is 1.71. The van der Waals surface area contributed by atoms with Crippen LogP contribution in [0.5, 0.6) is 0 Å². The Hall–Kier alpha value is -3.59. The summed E-state index contributed by atoms with van der Waals surface area (Å²) in [4.78, 5) is 33.5. The van der Waals surface area contributed by atoms with E-state index < -0.39 is 59.9 Å². The zero-order valence-corrected chi connectivity index (χ0v) is 10.2. The second kappa shape index (κ2) is 4.71. The highest BCUT2D eigenvalue weighted by Crippen LogP contribution is 2.41. The third-order valence-corrected chi connectivity index (χ3v) is 2.50. The molecule has 0 fully saturated rings. The second-order valence-electron chi connectivity index (χ2n) is 3.82. The molecular weight excluding hydrogens is 337 g/mol. The van der Waals surface area contributed by atoms with Gasteiger partial charge in [0.1, 0.15) is 0 Å². The molecule has 0 radical (unpaired) electrons. The predicted octanol–water partition coefficient (Wildman–Crippen LogP) is 1.41. The summed E-state index contributed by atoms with van der Waals surface area (Å²) in [7, 11) is 0. The number of rotatable bonds is 3. The molecule has 16 heteroatoms. The Kier molecular flexibility index (Phi) is 3.24. The lowest BCUT2D eigenvalue weighted by Gasteiger charge is -2.03. The van der Waals surface area contributed by atoms with Gasteiger partial charge in [-0.05, 0) is 9.91 Å². The fraction of sp³-hybridized carbons (Fsp3) is 0.143. The van der Waals surface area contributed by atoms with Crippen molar-refractivity contribution in [1.29, 1.82) is 0 Å². The van der Waals surface area contributed by atoms with Crippen LogP contribution < -0.4 is 0 Å². The summed E-state index contributed by atoms with van der Waals surface area (Å²) in [5, 5.41) is 41.9. The Bertz CT molecular complexity index is 874. The molecule has 2 aromatic heterocycles. The Morgan fingerprint density at radius 3 is 1.87 bits per heavy atom. The highest BCUT2D eigenvalue weighted by molar-refractivity contribution is 5.90. The lowest BCUT2D eigenvalue weighted by atomic mass is 10.3. The minimum atomic E-state index is -5.30. The maximum Gasteiger partial charge on any atom is 0.453 e. The summed E-state index contributed by atoms with van der Waals surface area (Å²) < 4.78 is 37.1. The molecule has 1 N–H and O–H groups in total. The van der Waals surface area contributed by atoms with Gasteiger partial charge in [0.15, 0.2) is 0 Å². The highest BCUT2D eigenvalue weighted by Gasteiger charge is 2.47. The van der Waals surface area contributed by atoms with Crippen LogP contribution in [0.4, 0.5) is 30.4 Å². The van der Waals surface area contributed by atoms with Gasteiger partial charge in [0.25, 0.3) is 5.82 Å². The third kappa shape index (κ3) is 2.30. The molecule has 0 saturated carbocycles. The van der Waals surface area contributed by atoms with E-state index in [1.165, 1.54) is 0 Å². The van der Waals surface area contributed by atoms with Crippen LogP contribution in [0.3, 0.4) is 0 Å². The molecule has 2 aromatic rings. The van der Waals surface area contributed by atoms with Crippen molar-refractivity contribution in [1.82, 2.24) is 14.7 Å². The predicted molar refractivity (Wildman–Crippen MR) is 59.7 cm³/mol. The first-order chi connectivity index (χ1) is 10.5. The summed E-state index contributed by atoms with van der Waals surface area (Å²) in [5.41, 5.74) is -6.16. The number of nitrogens with zero attached hydrogens (tertiary/aromatic N) is 6. The maximum atomic E-state index is 12.6. The first kappa shape index (κ1) is 15.8. The molecule has 2 rings (SSSR count). The summed E-state index contributed by atoms with van der Waals surface area (Å²) in [6.45, 7) is 0. The Morgan fingerprint density at radius 2 is 1.48 bits per heavy atom. The van der Waals surface area contributed by atoms with Crippen LogP contribution in [0.25, 0.3) is 11.2 Å². The molecule has 23 heavy (non-hydrogen) atoms. The summed E-state index contributed by atoms with van der Waals surface area (Å²) in [5.74, 6) is -3.76. The van der Waals surface area contributed by atoms with E-state index in [2.05, 4.69) is 9.97 Å². The number of hydrogen-bond donors (Lipinski definition) is 1. The number of pyridine rings is 1. The van der Waals surface area contributed by atoms with Crippen LogP contribution in [0.1, 0.15) is 5.82 Å². The summed E-state index contributed by atoms with van der Waals surface area (Å²) in [6, 6.07) is 0. The van der Waals surface area contributed by atoms with Crippen LogP contribution in [0.2, 0.25) is 0 Å². The Labute approximate surface area is 120 Å². The van der Waals surface area contributed by atoms with Gasteiger partial charge in [0.2, 0.25) is 5.52 Å². The summed E-state index contributed by atoms with van der Waals surface area (Å²) >= 11 is 0. The monoisotopic (exact) mass is 338 g/mol. The van der Waals surface area contributed by atoms with Gasteiger partial charge in [-0.15, -0.1) is 4.73 Å². The number of hydrogen-bond acceptors (Lipinski definition) is 9. The largest absolute Gasteiger partial charge is 0.453 e. The van der Waals surface area contributed by atoms with Crippen molar-refractivity contribution in [2.24, 2.45) is 0 Å². The SMILES string of the molecule is O=[N+]([O-])c1nc2nc(C(F)(F)F)n(O)c2c([N+](=O)[O-])c1[N+](=O)[O-]. The molecule has 0 aliphatic heterocycles.